The van der Waals surface area contributed by atoms with Crippen LogP contribution in [0.2, 0.25) is 0 Å². The second-order valence-electron chi connectivity index (χ2n) is 13.5. The average molecular weight is 636 g/mol. The van der Waals surface area contributed by atoms with Crippen LogP contribution in [0.25, 0.3) is 0 Å². The number of hydrogen-bond acceptors (Lipinski definition) is 4. The smallest absolute Gasteiger partial charge is 0.249 e. The third kappa shape index (κ3) is 31.2. The molecule has 0 saturated heterocycles. The monoisotopic (exact) mass is 636 g/mol. The quantitative estimate of drug-likeness (QED) is 0.0412. The van der Waals surface area contributed by atoms with Crippen LogP contribution < -0.4 is 5.32 Å². The van der Waals surface area contributed by atoms with Gasteiger partial charge in [0, 0.05) is 0 Å². The molecule has 0 aliphatic heterocycles. The molecule has 0 aliphatic carbocycles. The van der Waals surface area contributed by atoms with Crippen molar-refractivity contribution >= 4 is 5.91 Å². The SMILES string of the molecule is CCCCCCCCCCCCCCCCC/C=C/CC/C=C/C(O)C(CO)NC(=O)C(O)CCCCCCCCCCCC. The molecule has 266 valence electrons. The molecule has 3 unspecified atom stereocenters. The van der Waals surface area contributed by atoms with Gasteiger partial charge in [-0.05, 0) is 32.1 Å². The molecule has 0 rings (SSSR count). The molecule has 45 heavy (non-hydrogen) atoms. The van der Waals surface area contributed by atoms with Crippen LogP contribution in [0, 0.1) is 0 Å². The van der Waals surface area contributed by atoms with Crippen molar-refractivity contribution in [3.05, 3.63) is 24.3 Å². The number of unbranched alkanes of at least 4 members (excludes halogenated alkanes) is 25. The zero-order chi connectivity index (χ0) is 33.1. The van der Waals surface area contributed by atoms with Crippen molar-refractivity contribution in [1.82, 2.24) is 5.32 Å². The van der Waals surface area contributed by atoms with Crippen LogP contribution in [0.15, 0.2) is 24.3 Å². The van der Waals surface area contributed by atoms with Crippen molar-refractivity contribution in [2.75, 3.05) is 6.61 Å². The number of rotatable bonds is 35. The number of aliphatic hydroxyl groups is 3. The van der Waals surface area contributed by atoms with E-state index in [0.29, 0.717) is 6.42 Å². The summed E-state index contributed by atoms with van der Waals surface area (Å²) in [6.07, 6.45) is 42.1. The Bertz CT molecular complexity index is 665. The highest BCUT2D eigenvalue weighted by Crippen LogP contribution is 2.15. The van der Waals surface area contributed by atoms with Gasteiger partial charge in [0.05, 0.1) is 18.8 Å². The molecule has 0 bridgehead atoms. The van der Waals surface area contributed by atoms with Crippen LogP contribution in [0.3, 0.4) is 0 Å². The van der Waals surface area contributed by atoms with E-state index in [1.807, 2.05) is 6.08 Å². The van der Waals surface area contributed by atoms with E-state index in [1.165, 1.54) is 141 Å². The van der Waals surface area contributed by atoms with Crippen LogP contribution in [-0.4, -0.2) is 46.1 Å². The first-order valence-corrected chi connectivity index (χ1v) is 19.7. The van der Waals surface area contributed by atoms with Gasteiger partial charge in [0.1, 0.15) is 6.10 Å². The number of hydrogen-bond donors (Lipinski definition) is 4. The van der Waals surface area contributed by atoms with Gasteiger partial charge in [-0.1, -0.05) is 192 Å². The molecular formula is C40H77NO4. The highest BCUT2D eigenvalue weighted by Gasteiger charge is 2.22. The van der Waals surface area contributed by atoms with Gasteiger partial charge in [-0.2, -0.15) is 0 Å². The fourth-order valence-corrected chi connectivity index (χ4v) is 5.91. The lowest BCUT2D eigenvalue weighted by Crippen LogP contribution is -2.48. The predicted octanol–water partition coefficient (Wildman–Crippen LogP) is 10.7. The van der Waals surface area contributed by atoms with Crippen molar-refractivity contribution in [3.8, 4) is 0 Å². The molecule has 4 N–H and O–H groups in total. The lowest BCUT2D eigenvalue weighted by molar-refractivity contribution is -0.131. The first kappa shape index (κ1) is 43.8. The third-order valence-electron chi connectivity index (χ3n) is 9.04. The summed E-state index contributed by atoms with van der Waals surface area (Å²) in [5, 5.41) is 32.9. The van der Waals surface area contributed by atoms with Gasteiger partial charge >= 0.3 is 0 Å². The molecule has 0 spiro atoms. The molecule has 1 amide bonds. The van der Waals surface area contributed by atoms with E-state index in [-0.39, 0.29) is 6.61 Å². The zero-order valence-electron chi connectivity index (χ0n) is 30.0. The molecule has 0 aromatic heterocycles. The number of amides is 1. The van der Waals surface area contributed by atoms with E-state index in [1.54, 1.807) is 6.08 Å². The first-order chi connectivity index (χ1) is 22.1. The van der Waals surface area contributed by atoms with Crippen molar-refractivity contribution in [1.29, 1.82) is 0 Å². The predicted molar refractivity (Wildman–Crippen MR) is 195 cm³/mol. The van der Waals surface area contributed by atoms with Gasteiger partial charge in [0.2, 0.25) is 5.91 Å². The number of carbonyl (C=O) groups excluding carboxylic acids is 1. The number of aliphatic hydroxyl groups excluding tert-OH is 3. The van der Waals surface area contributed by atoms with Gasteiger partial charge < -0.3 is 20.6 Å². The van der Waals surface area contributed by atoms with Crippen molar-refractivity contribution in [3.63, 3.8) is 0 Å². The molecule has 5 nitrogen and oxygen atoms in total. The second-order valence-corrected chi connectivity index (χ2v) is 13.5. The molecule has 0 aromatic rings. The normalized spacial score (nSPS) is 14.0. The Hall–Kier alpha value is -1.17. The van der Waals surface area contributed by atoms with Gasteiger partial charge in [-0.3, -0.25) is 4.79 Å². The van der Waals surface area contributed by atoms with Gasteiger partial charge in [-0.25, -0.2) is 0 Å². The van der Waals surface area contributed by atoms with Gasteiger partial charge in [0.25, 0.3) is 0 Å². The Balaban J connectivity index is 3.72. The van der Waals surface area contributed by atoms with Gasteiger partial charge in [0.15, 0.2) is 0 Å². The fourth-order valence-electron chi connectivity index (χ4n) is 5.91. The minimum absolute atomic E-state index is 0.374. The summed E-state index contributed by atoms with van der Waals surface area (Å²) in [6.45, 7) is 4.14. The molecule has 0 aliphatic rings. The molecule has 0 aromatic carbocycles. The minimum Gasteiger partial charge on any atom is -0.394 e. The van der Waals surface area contributed by atoms with E-state index in [2.05, 4.69) is 31.3 Å². The van der Waals surface area contributed by atoms with Crippen LogP contribution in [0.1, 0.15) is 200 Å². The summed E-state index contributed by atoms with van der Waals surface area (Å²) in [4.78, 5) is 12.4. The van der Waals surface area contributed by atoms with Gasteiger partial charge in [-0.15, -0.1) is 0 Å². The Morgan fingerprint density at radius 1 is 0.533 bits per heavy atom. The van der Waals surface area contributed by atoms with Crippen LogP contribution >= 0.6 is 0 Å². The average Bonchev–Trinajstić information content (AvgIpc) is 3.04. The second kappa shape index (κ2) is 35.7. The summed E-state index contributed by atoms with van der Waals surface area (Å²) in [5.41, 5.74) is 0. The van der Waals surface area contributed by atoms with E-state index in [9.17, 15) is 20.1 Å². The minimum atomic E-state index is -1.10. The lowest BCUT2D eigenvalue weighted by atomic mass is 10.0. The molecule has 0 radical (unpaired) electrons. The third-order valence-corrected chi connectivity index (χ3v) is 9.04. The van der Waals surface area contributed by atoms with Crippen LogP contribution in [-0.2, 0) is 4.79 Å². The van der Waals surface area contributed by atoms with Crippen LogP contribution in [0.5, 0.6) is 0 Å². The summed E-state index contributed by atoms with van der Waals surface area (Å²) < 4.78 is 0. The maximum atomic E-state index is 12.4. The molecule has 0 saturated carbocycles. The maximum absolute atomic E-state index is 12.4. The number of nitrogens with one attached hydrogen (secondary N) is 1. The first-order valence-electron chi connectivity index (χ1n) is 19.7. The summed E-state index contributed by atoms with van der Waals surface area (Å²) in [6, 6.07) is -0.809. The highest BCUT2D eigenvalue weighted by atomic mass is 16.3. The molecule has 0 fully saturated rings. The Morgan fingerprint density at radius 3 is 1.36 bits per heavy atom. The summed E-state index contributed by atoms with van der Waals surface area (Å²) in [5.74, 6) is -0.515. The molecule has 0 heterocycles. The molecule has 3 atom stereocenters. The Kier molecular flexibility index (Phi) is 34.8. The van der Waals surface area contributed by atoms with Crippen LogP contribution in [0.4, 0.5) is 0 Å². The maximum Gasteiger partial charge on any atom is 0.249 e. The van der Waals surface area contributed by atoms with Crippen molar-refractivity contribution < 1.29 is 20.1 Å². The molecular weight excluding hydrogens is 558 g/mol. The fraction of sp³-hybridized carbons (Fsp3) is 0.875. The standard InChI is InChI=1S/C40H77NO4/c1-3-5-7-9-11-13-15-16-17-18-19-20-21-22-23-24-25-27-28-30-32-34-38(43)37(36-42)41-40(45)39(44)35-33-31-29-26-14-12-10-8-6-4-2/h25,27,32,34,37-39,42-44H,3-24,26,28-31,33,35-36H2,1-2H3,(H,41,45)/b27-25+,34-32+. The van der Waals surface area contributed by atoms with Crippen molar-refractivity contribution in [2.24, 2.45) is 0 Å². The van der Waals surface area contributed by atoms with E-state index < -0.39 is 24.2 Å². The van der Waals surface area contributed by atoms with Crippen molar-refractivity contribution in [2.45, 2.75) is 218 Å². The topological polar surface area (TPSA) is 89.8 Å². The highest BCUT2D eigenvalue weighted by molar-refractivity contribution is 5.80. The Morgan fingerprint density at radius 2 is 0.911 bits per heavy atom. The molecule has 5 heteroatoms. The lowest BCUT2D eigenvalue weighted by Gasteiger charge is -2.21. The Labute approximate surface area is 280 Å². The van der Waals surface area contributed by atoms with E-state index in [4.69, 9.17) is 0 Å². The number of carbonyl (C=O) groups is 1. The van der Waals surface area contributed by atoms with E-state index in [0.717, 1.165) is 38.5 Å². The zero-order valence-corrected chi connectivity index (χ0v) is 30.0. The summed E-state index contributed by atoms with van der Waals surface area (Å²) >= 11 is 0. The summed E-state index contributed by atoms with van der Waals surface area (Å²) in [7, 11) is 0. The largest absolute Gasteiger partial charge is 0.394 e. The number of allylic oxidation sites excluding steroid dienone is 3. The van der Waals surface area contributed by atoms with E-state index >= 15 is 0 Å².